The minimum atomic E-state index is -0.717. The quantitative estimate of drug-likeness (QED) is 0.247. The Morgan fingerprint density at radius 2 is 1.27 bits per heavy atom. The van der Waals surface area contributed by atoms with Gasteiger partial charge in [0.25, 0.3) is 11.8 Å². The lowest BCUT2D eigenvalue weighted by atomic mass is 9.71. The van der Waals surface area contributed by atoms with Crippen LogP contribution in [0.25, 0.3) is 0 Å². The first-order chi connectivity index (χ1) is 21.2. The van der Waals surface area contributed by atoms with Crippen molar-refractivity contribution in [3.8, 4) is 5.75 Å². The van der Waals surface area contributed by atoms with Crippen molar-refractivity contribution in [3.63, 3.8) is 0 Å². The number of benzene rings is 3. The molecule has 0 bridgehead atoms. The number of ether oxygens (including phenoxy) is 2. The predicted molar refractivity (Wildman–Crippen MR) is 171 cm³/mol. The smallest absolute Gasteiger partial charge is 0.344 e. The molecule has 0 saturated carbocycles. The van der Waals surface area contributed by atoms with E-state index < -0.39 is 23.7 Å². The molecule has 2 amide bonds. The average Bonchev–Trinajstić information content (AvgIpc) is 3.54. The standard InChI is InChI=1S/C35H38N4O5/c1-6-28-32(34(41)38(36-28)25-16-12-22(4)13-17-25)31(24-10-9-11-27(20-24)44-21-30(40)43-8-3)33-29(7-2)37-39(35(33)42)26-18-14-23(5)15-19-26/h9-20,31-33H,6-8,21H2,1-5H3. The van der Waals surface area contributed by atoms with E-state index in [1.54, 1.807) is 19.1 Å². The molecule has 0 saturated heterocycles. The number of amides is 2. The fourth-order valence-electron chi connectivity index (χ4n) is 5.81. The zero-order chi connectivity index (χ0) is 31.4. The van der Waals surface area contributed by atoms with Crippen molar-refractivity contribution in [2.24, 2.45) is 22.0 Å². The Morgan fingerprint density at radius 3 is 1.73 bits per heavy atom. The van der Waals surface area contributed by atoms with Gasteiger partial charge in [-0.1, -0.05) is 61.4 Å². The summed E-state index contributed by atoms with van der Waals surface area (Å²) >= 11 is 0. The van der Waals surface area contributed by atoms with E-state index in [4.69, 9.17) is 19.7 Å². The number of hydrazone groups is 2. The summed E-state index contributed by atoms with van der Waals surface area (Å²) in [6.07, 6.45) is 1.05. The van der Waals surface area contributed by atoms with Crippen molar-refractivity contribution < 1.29 is 23.9 Å². The minimum absolute atomic E-state index is 0.203. The monoisotopic (exact) mass is 594 g/mol. The van der Waals surface area contributed by atoms with Gasteiger partial charge >= 0.3 is 5.97 Å². The lowest BCUT2D eigenvalue weighted by Gasteiger charge is -2.29. The highest BCUT2D eigenvalue weighted by Crippen LogP contribution is 2.44. The molecule has 0 aromatic heterocycles. The Balaban J connectivity index is 1.58. The molecule has 0 fully saturated rings. The van der Waals surface area contributed by atoms with Crippen LogP contribution in [0.1, 0.15) is 56.2 Å². The molecule has 5 rings (SSSR count). The van der Waals surface area contributed by atoms with Gasteiger partial charge in [-0.05, 0) is 75.6 Å². The molecular weight excluding hydrogens is 556 g/mol. The maximum absolute atomic E-state index is 14.3. The second-order valence-electron chi connectivity index (χ2n) is 11.0. The molecule has 2 aliphatic heterocycles. The van der Waals surface area contributed by atoms with Crippen LogP contribution < -0.4 is 14.8 Å². The van der Waals surface area contributed by atoms with E-state index in [0.29, 0.717) is 41.4 Å². The minimum Gasteiger partial charge on any atom is -0.482 e. The number of hydrogen-bond acceptors (Lipinski definition) is 7. The van der Waals surface area contributed by atoms with Gasteiger partial charge in [-0.2, -0.15) is 10.2 Å². The van der Waals surface area contributed by atoms with Crippen molar-refractivity contribution in [2.45, 2.75) is 53.4 Å². The van der Waals surface area contributed by atoms with E-state index in [-0.39, 0.29) is 25.0 Å². The average molecular weight is 595 g/mol. The number of aryl methyl sites for hydroxylation is 2. The van der Waals surface area contributed by atoms with Crippen LogP contribution in [0.5, 0.6) is 5.75 Å². The van der Waals surface area contributed by atoms with Crippen LogP contribution in [-0.2, 0) is 19.1 Å². The first kappa shape index (κ1) is 30.7. The van der Waals surface area contributed by atoms with E-state index in [2.05, 4.69) is 0 Å². The van der Waals surface area contributed by atoms with Crippen LogP contribution in [0.3, 0.4) is 0 Å². The van der Waals surface area contributed by atoms with Gasteiger partial charge in [0.05, 0.1) is 41.2 Å². The number of anilines is 2. The molecule has 9 heteroatoms. The molecule has 2 heterocycles. The summed E-state index contributed by atoms with van der Waals surface area (Å²) in [6, 6.07) is 22.5. The summed E-state index contributed by atoms with van der Waals surface area (Å²) in [5.41, 5.74) is 5.59. The molecule has 2 aliphatic rings. The highest BCUT2D eigenvalue weighted by Gasteiger charge is 2.51. The number of carbonyl (C=O) groups is 3. The third-order valence-electron chi connectivity index (χ3n) is 8.03. The summed E-state index contributed by atoms with van der Waals surface area (Å²) in [5, 5.41) is 12.5. The van der Waals surface area contributed by atoms with Crippen LogP contribution in [-0.4, -0.2) is 42.4 Å². The molecule has 3 aromatic rings. The lowest BCUT2D eigenvalue weighted by molar-refractivity contribution is -0.145. The summed E-state index contributed by atoms with van der Waals surface area (Å²) < 4.78 is 10.8. The topological polar surface area (TPSA) is 101 Å². The van der Waals surface area contributed by atoms with Crippen LogP contribution in [0.15, 0.2) is 83.0 Å². The van der Waals surface area contributed by atoms with E-state index in [1.807, 2.05) is 88.4 Å². The van der Waals surface area contributed by atoms with E-state index in [0.717, 1.165) is 16.7 Å². The first-order valence-electron chi connectivity index (χ1n) is 15.1. The molecule has 3 aromatic carbocycles. The van der Waals surface area contributed by atoms with Gasteiger partial charge in [-0.25, -0.2) is 14.8 Å². The molecule has 228 valence electrons. The van der Waals surface area contributed by atoms with Crippen molar-refractivity contribution >= 4 is 40.6 Å². The van der Waals surface area contributed by atoms with E-state index >= 15 is 0 Å². The van der Waals surface area contributed by atoms with Crippen LogP contribution >= 0.6 is 0 Å². The van der Waals surface area contributed by atoms with Gasteiger partial charge in [-0.3, -0.25) is 9.59 Å². The molecule has 2 atom stereocenters. The highest BCUT2D eigenvalue weighted by atomic mass is 16.6. The Morgan fingerprint density at radius 1 is 0.773 bits per heavy atom. The summed E-state index contributed by atoms with van der Waals surface area (Å²) in [5.74, 6) is -2.50. The Labute approximate surface area is 258 Å². The summed E-state index contributed by atoms with van der Waals surface area (Å²) in [7, 11) is 0. The Hall–Kier alpha value is -4.79. The van der Waals surface area contributed by atoms with Gasteiger partial charge in [0.2, 0.25) is 0 Å². The van der Waals surface area contributed by atoms with E-state index in [1.165, 1.54) is 10.0 Å². The molecule has 2 unspecified atom stereocenters. The van der Waals surface area contributed by atoms with Crippen LogP contribution in [0, 0.1) is 25.7 Å². The molecule has 9 nitrogen and oxygen atoms in total. The van der Waals surface area contributed by atoms with Gasteiger partial charge in [0.15, 0.2) is 6.61 Å². The SMILES string of the molecule is CCOC(=O)COc1cccc(C(C2C(=O)N(c3ccc(C)cc3)N=C2CC)C2C(=O)N(c3ccc(C)cc3)N=C2CC)c1. The second-order valence-corrected chi connectivity index (χ2v) is 11.0. The number of esters is 1. The van der Waals surface area contributed by atoms with Crippen LogP contribution in [0.4, 0.5) is 11.4 Å². The predicted octanol–water partition coefficient (Wildman–Crippen LogP) is 6.19. The fraction of sp³-hybridized carbons (Fsp3) is 0.343. The number of carbonyl (C=O) groups excluding carboxylic acids is 3. The highest BCUT2D eigenvalue weighted by molar-refractivity contribution is 6.20. The summed E-state index contributed by atoms with van der Waals surface area (Å²) in [4.78, 5) is 40.7. The lowest BCUT2D eigenvalue weighted by Crippen LogP contribution is -2.40. The van der Waals surface area contributed by atoms with Crippen LogP contribution in [0.2, 0.25) is 0 Å². The molecule has 44 heavy (non-hydrogen) atoms. The first-order valence-corrected chi connectivity index (χ1v) is 15.1. The summed E-state index contributed by atoms with van der Waals surface area (Å²) in [6.45, 7) is 9.66. The van der Waals surface area contributed by atoms with Crippen molar-refractivity contribution in [1.29, 1.82) is 0 Å². The largest absolute Gasteiger partial charge is 0.482 e. The maximum atomic E-state index is 14.3. The maximum Gasteiger partial charge on any atom is 0.344 e. The molecular formula is C35H38N4O5. The van der Waals surface area contributed by atoms with E-state index in [9.17, 15) is 14.4 Å². The zero-order valence-electron chi connectivity index (χ0n) is 25.8. The second kappa shape index (κ2) is 13.2. The zero-order valence-corrected chi connectivity index (χ0v) is 25.8. The van der Waals surface area contributed by atoms with Gasteiger partial charge in [-0.15, -0.1) is 0 Å². The van der Waals surface area contributed by atoms with Crippen molar-refractivity contribution in [3.05, 3.63) is 89.5 Å². The molecule has 0 radical (unpaired) electrons. The Kier molecular flexibility index (Phi) is 9.23. The number of rotatable bonds is 11. The number of hydrogen-bond donors (Lipinski definition) is 0. The van der Waals surface area contributed by atoms with Crippen molar-refractivity contribution in [1.82, 2.24) is 0 Å². The van der Waals surface area contributed by atoms with Crippen molar-refractivity contribution in [2.75, 3.05) is 23.2 Å². The van der Waals surface area contributed by atoms with Gasteiger partial charge in [0.1, 0.15) is 5.75 Å². The Bertz CT molecular complexity index is 1510. The normalized spacial score (nSPS) is 18.8. The molecule has 0 spiro atoms. The fourth-order valence-corrected chi connectivity index (χ4v) is 5.81. The third kappa shape index (κ3) is 6.13. The molecule has 0 aliphatic carbocycles. The van der Waals surface area contributed by atoms with Gasteiger partial charge < -0.3 is 9.47 Å². The number of nitrogens with zero attached hydrogens (tertiary/aromatic N) is 4. The third-order valence-corrected chi connectivity index (χ3v) is 8.03. The molecule has 0 N–H and O–H groups in total. The van der Waals surface area contributed by atoms with Gasteiger partial charge in [0, 0.05) is 5.92 Å².